The number of hydrogen-bond donors (Lipinski definition) is 1. The summed E-state index contributed by atoms with van der Waals surface area (Å²) in [7, 11) is 0. The van der Waals surface area contributed by atoms with Crippen molar-refractivity contribution < 1.29 is 4.79 Å². The number of carbonyl (C=O) groups is 1. The number of carbonyl (C=O) groups excluding carboxylic acids is 1. The van der Waals surface area contributed by atoms with Gasteiger partial charge in [-0.25, -0.2) is 0 Å². The van der Waals surface area contributed by atoms with E-state index < -0.39 is 0 Å². The van der Waals surface area contributed by atoms with Gasteiger partial charge in [-0.2, -0.15) is 5.26 Å². The van der Waals surface area contributed by atoms with E-state index >= 15 is 0 Å². The van der Waals surface area contributed by atoms with Crippen molar-refractivity contribution in [2.45, 2.75) is 57.0 Å². The molecule has 2 aromatic rings. The van der Waals surface area contributed by atoms with Crippen LogP contribution in [0.3, 0.4) is 0 Å². The van der Waals surface area contributed by atoms with Crippen LogP contribution in [0.15, 0.2) is 54.6 Å². The minimum atomic E-state index is -0.0959. The van der Waals surface area contributed by atoms with Gasteiger partial charge in [0, 0.05) is 31.2 Å². The number of nitriles is 1. The third-order valence-corrected chi connectivity index (χ3v) is 6.76. The summed E-state index contributed by atoms with van der Waals surface area (Å²) in [4.78, 5) is 15.2. The van der Waals surface area contributed by atoms with E-state index in [1.165, 1.54) is 30.4 Å². The van der Waals surface area contributed by atoms with Crippen LogP contribution in [0.2, 0.25) is 0 Å². The molecule has 4 rings (SSSR count). The number of fused-ring (bicyclic) bond motifs is 1. The Kier molecular flexibility index (Phi) is 6.84. The second kappa shape index (κ2) is 9.94. The molecule has 160 valence electrons. The van der Waals surface area contributed by atoms with Crippen molar-refractivity contribution in [2.75, 3.05) is 13.1 Å². The highest BCUT2D eigenvalue weighted by atomic mass is 16.1. The standard InChI is InChI=1S/C27H31N3O/c28-20-23-9-11-25-21-30(17-13-24(25)19-23)18-16-27(14-5-2-6-15-27)29-26(31)12-10-22-7-3-1-4-8-22/h1,3-4,7-12,19H,2,5-6,13-18,21H2,(H,29,31). The van der Waals surface area contributed by atoms with E-state index in [1.54, 1.807) is 6.08 Å². The van der Waals surface area contributed by atoms with Crippen molar-refractivity contribution in [3.8, 4) is 6.07 Å². The summed E-state index contributed by atoms with van der Waals surface area (Å²) in [5.74, 6) is 0.0128. The van der Waals surface area contributed by atoms with Gasteiger partial charge >= 0.3 is 0 Å². The molecule has 0 spiro atoms. The molecule has 2 aliphatic rings. The van der Waals surface area contributed by atoms with Crippen LogP contribution in [-0.2, 0) is 17.8 Å². The number of benzene rings is 2. The van der Waals surface area contributed by atoms with E-state index in [9.17, 15) is 4.79 Å². The third-order valence-electron chi connectivity index (χ3n) is 6.76. The maximum Gasteiger partial charge on any atom is 0.244 e. The summed E-state index contributed by atoms with van der Waals surface area (Å²) in [5, 5.41) is 12.5. The largest absolute Gasteiger partial charge is 0.347 e. The Balaban J connectivity index is 1.37. The predicted octanol–water partition coefficient (Wildman–Crippen LogP) is 4.84. The van der Waals surface area contributed by atoms with Gasteiger partial charge in [-0.1, -0.05) is 55.7 Å². The van der Waals surface area contributed by atoms with E-state index in [0.717, 1.165) is 56.4 Å². The molecule has 1 fully saturated rings. The molecule has 0 aromatic heterocycles. The van der Waals surface area contributed by atoms with Crippen LogP contribution in [0.4, 0.5) is 0 Å². The number of amides is 1. The summed E-state index contributed by atoms with van der Waals surface area (Å²) in [6, 6.07) is 18.3. The van der Waals surface area contributed by atoms with Crippen molar-refractivity contribution in [3.05, 3.63) is 76.9 Å². The predicted molar refractivity (Wildman–Crippen MR) is 124 cm³/mol. The fourth-order valence-corrected chi connectivity index (χ4v) is 4.95. The molecule has 0 unspecified atom stereocenters. The molecular formula is C27H31N3O. The second-order valence-electron chi connectivity index (χ2n) is 8.95. The van der Waals surface area contributed by atoms with Gasteiger partial charge < -0.3 is 5.32 Å². The lowest BCUT2D eigenvalue weighted by Crippen LogP contribution is -2.51. The molecule has 1 saturated carbocycles. The fourth-order valence-electron chi connectivity index (χ4n) is 4.95. The molecule has 0 saturated heterocycles. The van der Waals surface area contributed by atoms with Gasteiger partial charge in [-0.05, 0) is 60.6 Å². The zero-order valence-electron chi connectivity index (χ0n) is 18.1. The zero-order chi connectivity index (χ0) is 21.5. The molecule has 4 heteroatoms. The first-order chi connectivity index (χ1) is 15.2. The Morgan fingerprint density at radius 2 is 1.90 bits per heavy atom. The van der Waals surface area contributed by atoms with Gasteiger partial charge in [0.1, 0.15) is 0 Å². The smallest absolute Gasteiger partial charge is 0.244 e. The normalized spacial score (nSPS) is 18.3. The highest BCUT2D eigenvalue weighted by Crippen LogP contribution is 2.32. The van der Waals surface area contributed by atoms with Crippen LogP contribution >= 0.6 is 0 Å². The van der Waals surface area contributed by atoms with Crippen LogP contribution in [0.5, 0.6) is 0 Å². The summed E-state index contributed by atoms with van der Waals surface area (Å²) >= 11 is 0. The highest BCUT2D eigenvalue weighted by Gasteiger charge is 2.33. The maximum absolute atomic E-state index is 12.7. The van der Waals surface area contributed by atoms with Gasteiger partial charge in [0.15, 0.2) is 0 Å². The SMILES string of the molecule is N#Cc1ccc2c(c1)CCN(CCC1(NC(=O)C=Cc3ccccc3)CCCCC1)C2. The minimum Gasteiger partial charge on any atom is -0.347 e. The molecule has 0 bridgehead atoms. The van der Waals surface area contributed by atoms with Gasteiger partial charge in [-0.15, -0.1) is 0 Å². The van der Waals surface area contributed by atoms with Crippen molar-refractivity contribution >= 4 is 12.0 Å². The van der Waals surface area contributed by atoms with Gasteiger partial charge in [0.2, 0.25) is 5.91 Å². The van der Waals surface area contributed by atoms with Crippen LogP contribution < -0.4 is 5.32 Å². The number of nitrogens with one attached hydrogen (secondary N) is 1. The van der Waals surface area contributed by atoms with Crippen molar-refractivity contribution in [3.63, 3.8) is 0 Å². The first-order valence-corrected chi connectivity index (χ1v) is 11.5. The Morgan fingerprint density at radius 1 is 1.10 bits per heavy atom. The van der Waals surface area contributed by atoms with Crippen LogP contribution in [-0.4, -0.2) is 29.4 Å². The Bertz CT molecular complexity index is 968. The lowest BCUT2D eigenvalue weighted by molar-refractivity contribution is -0.118. The molecule has 0 radical (unpaired) electrons. The molecule has 2 aromatic carbocycles. The second-order valence-corrected chi connectivity index (χ2v) is 8.95. The summed E-state index contributed by atoms with van der Waals surface area (Å²) in [6.45, 7) is 2.93. The number of nitrogens with zero attached hydrogens (tertiary/aromatic N) is 2. The minimum absolute atomic E-state index is 0.0128. The van der Waals surface area contributed by atoms with E-state index in [4.69, 9.17) is 5.26 Å². The maximum atomic E-state index is 12.7. The van der Waals surface area contributed by atoms with E-state index in [2.05, 4.69) is 22.4 Å². The quantitative estimate of drug-likeness (QED) is 0.690. The average Bonchev–Trinajstić information content (AvgIpc) is 2.82. The van der Waals surface area contributed by atoms with Gasteiger partial charge in [0.25, 0.3) is 0 Å². The molecular weight excluding hydrogens is 382 g/mol. The molecule has 31 heavy (non-hydrogen) atoms. The van der Waals surface area contributed by atoms with E-state index in [0.29, 0.717) is 0 Å². The van der Waals surface area contributed by atoms with E-state index in [1.807, 2.05) is 48.5 Å². The Morgan fingerprint density at radius 3 is 2.68 bits per heavy atom. The molecule has 4 nitrogen and oxygen atoms in total. The van der Waals surface area contributed by atoms with Crippen molar-refractivity contribution in [1.82, 2.24) is 10.2 Å². The van der Waals surface area contributed by atoms with Crippen LogP contribution in [0.1, 0.15) is 60.8 Å². The molecule has 1 heterocycles. The molecule has 1 amide bonds. The highest BCUT2D eigenvalue weighted by molar-refractivity contribution is 5.92. The topological polar surface area (TPSA) is 56.1 Å². The van der Waals surface area contributed by atoms with Crippen LogP contribution in [0.25, 0.3) is 6.08 Å². The van der Waals surface area contributed by atoms with Gasteiger partial charge in [-0.3, -0.25) is 9.69 Å². The third kappa shape index (κ3) is 5.62. The zero-order valence-corrected chi connectivity index (χ0v) is 18.1. The average molecular weight is 414 g/mol. The summed E-state index contributed by atoms with van der Waals surface area (Å²) < 4.78 is 0. The summed E-state index contributed by atoms with van der Waals surface area (Å²) in [6.07, 6.45) is 11.3. The molecule has 1 N–H and O–H groups in total. The first-order valence-electron chi connectivity index (χ1n) is 11.5. The number of hydrogen-bond acceptors (Lipinski definition) is 3. The Hall–Kier alpha value is -2.90. The fraction of sp³-hybridized carbons (Fsp3) is 0.407. The van der Waals surface area contributed by atoms with Crippen LogP contribution in [0, 0.1) is 11.3 Å². The van der Waals surface area contributed by atoms with Crippen molar-refractivity contribution in [2.24, 2.45) is 0 Å². The number of rotatable bonds is 6. The lowest BCUT2D eigenvalue weighted by atomic mass is 9.79. The summed E-state index contributed by atoms with van der Waals surface area (Å²) in [5.41, 5.74) is 4.34. The molecule has 0 atom stereocenters. The van der Waals surface area contributed by atoms with E-state index in [-0.39, 0.29) is 11.4 Å². The first kappa shape index (κ1) is 21.3. The lowest BCUT2D eigenvalue weighted by Gasteiger charge is -2.40. The Labute approximate surface area is 185 Å². The molecule has 1 aliphatic carbocycles. The van der Waals surface area contributed by atoms with Crippen molar-refractivity contribution in [1.29, 1.82) is 5.26 Å². The molecule has 1 aliphatic heterocycles. The monoisotopic (exact) mass is 413 g/mol. The van der Waals surface area contributed by atoms with Gasteiger partial charge in [0.05, 0.1) is 11.6 Å².